The molecule has 0 spiro atoms. The summed E-state index contributed by atoms with van der Waals surface area (Å²) in [5.41, 5.74) is 1.08. The molecule has 1 saturated heterocycles. The second-order valence-corrected chi connectivity index (χ2v) is 6.05. The normalized spacial score (nSPS) is 28.9. The van der Waals surface area contributed by atoms with Crippen molar-refractivity contribution in [3.63, 3.8) is 0 Å². The van der Waals surface area contributed by atoms with Crippen LogP contribution in [0.3, 0.4) is 0 Å². The van der Waals surface area contributed by atoms with Crippen molar-refractivity contribution in [2.75, 3.05) is 0 Å². The highest BCUT2D eigenvalue weighted by molar-refractivity contribution is 6.19. The molecule has 3 nitrogen and oxygen atoms in total. The van der Waals surface area contributed by atoms with Crippen molar-refractivity contribution in [1.82, 2.24) is 4.57 Å². The van der Waals surface area contributed by atoms with Gasteiger partial charge in [0.15, 0.2) is 6.29 Å². The molecular formula is C15H22ClNO2. The van der Waals surface area contributed by atoms with Gasteiger partial charge in [0.2, 0.25) is 0 Å². The summed E-state index contributed by atoms with van der Waals surface area (Å²) in [6, 6.07) is 4.93. The van der Waals surface area contributed by atoms with Crippen molar-refractivity contribution >= 4 is 11.6 Å². The van der Waals surface area contributed by atoms with E-state index in [2.05, 4.69) is 22.9 Å². The van der Waals surface area contributed by atoms with Crippen molar-refractivity contribution < 1.29 is 9.47 Å². The largest absolute Gasteiger partial charge is 0.346 e. The monoisotopic (exact) mass is 283 g/mol. The molecule has 0 N–H and O–H groups in total. The standard InChI is InChI=1S/C15H22ClNO2/c16-14-8-3-9-15(19-14)18-11-13-7-4-10-17(13)12-5-1-2-6-12/h4,7,10,12,14-15H,1-3,5-6,8-9,11H2. The van der Waals surface area contributed by atoms with Crippen LogP contribution in [0.5, 0.6) is 0 Å². The summed E-state index contributed by atoms with van der Waals surface area (Å²) in [5, 5.41) is 0. The molecule has 2 aliphatic rings. The first-order valence-electron chi connectivity index (χ1n) is 7.40. The average molecular weight is 284 g/mol. The van der Waals surface area contributed by atoms with Crippen LogP contribution in [0.15, 0.2) is 18.3 Å². The SMILES string of the molecule is ClC1CCCC(OCc2cccn2C2CCCC2)O1. The zero-order valence-corrected chi connectivity index (χ0v) is 12.0. The number of alkyl halides is 1. The summed E-state index contributed by atoms with van der Waals surface area (Å²) in [4.78, 5) is 0. The number of rotatable bonds is 4. The van der Waals surface area contributed by atoms with E-state index < -0.39 is 0 Å². The molecule has 1 aliphatic heterocycles. The number of halogens is 1. The van der Waals surface area contributed by atoms with E-state index in [1.165, 1.54) is 31.4 Å². The van der Waals surface area contributed by atoms with Crippen LogP contribution in [0.25, 0.3) is 0 Å². The van der Waals surface area contributed by atoms with Crippen molar-refractivity contribution in [3.05, 3.63) is 24.0 Å². The van der Waals surface area contributed by atoms with Crippen LogP contribution in [0.2, 0.25) is 0 Å². The fraction of sp³-hybridized carbons (Fsp3) is 0.733. The molecule has 1 aromatic heterocycles. The lowest BCUT2D eigenvalue weighted by Crippen LogP contribution is -2.26. The van der Waals surface area contributed by atoms with Crippen LogP contribution in [-0.2, 0) is 16.1 Å². The van der Waals surface area contributed by atoms with Crippen molar-refractivity contribution in [2.45, 2.75) is 69.4 Å². The Balaban J connectivity index is 1.56. The molecule has 2 heterocycles. The third kappa shape index (κ3) is 3.33. The minimum absolute atomic E-state index is 0.136. The predicted octanol–water partition coefficient (Wildman–Crippen LogP) is 4.21. The minimum atomic E-state index is -0.180. The van der Waals surface area contributed by atoms with Crippen LogP contribution >= 0.6 is 11.6 Å². The van der Waals surface area contributed by atoms with Crippen LogP contribution in [0, 0.1) is 0 Å². The molecule has 1 saturated carbocycles. The van der Waals surface area contributed by atoms with Gasteiger partial charge >= 0.3 is 0 Å². The molecule has 2 fully saturated rings. The Labute approximate surface area is 119 Å². The minimum Gasteiger partial charge on any atom is -0.346 e. The molecule has 4 heteroatoms. The fourth-order valence-corrected chi connectivity index (χ4v) is 3.41. The molecule has 19 heavy (non-hydrogen) atoms. The lowest BCUT2D eigenvalue weighted by atomic mass is 10.2. The van der Waals surface area contributed by atoms with E-state index in [-0.39, 0.29) is 11.9 Å². The highest BCUT2D eigenvalue weighted by Crippen LogP contribution is 2.31. The van der Waals surface area contributed by atoms with Gasteiger partial charge in [-0.15, -0.1) is 0 Å². The van der Waals surface area contributed by atoms with Gasteiger partial charge in [-0.25, -0.2) is 0 Å². The fourth-order valence-electron chi connectivity index (χ4n) is 3.14. The smallest absolute Gasteiger partial charge is 0.160 e. The first-order chi connectivity index (χ1) is 9.33. The highest BCUT2D eigenvalue weighted by atomic mass is 35.5. The van der Waals surface area contributed by atoms with E-state index in [0.717, 1.165) is 19.3 Å². The Hall–Kier alpha value is -0.510. The third-order valence-corrected chi connectivity index (χ3v) is 4.49. The van der Waals surface area contributed by atoms with E-state index in [9.17, 15) is 0 Å². The van der Waals surface area contributed by atoms with Gasteiger partial charge in [0.05, 0.1) is 6.61 Å². The lowest BCUT2D eigenvalue weighted by Gasteiger charge is -2.26. The van der Waals surface area contributed by atoms with Crippen LogP contribution in [0.4, 0.5) is 0 Å². The number of nitrogens with zero attached hydrogens (tertiary/aromatic N) is 1. The van der Waals surface area contributed by atoms with Gasteiger partial charge in [-0.3, -0.25) is 0 Å². The van der Waals surface area contributed by atoms with Gasteiger partial charge in [-0.1, -0.05) is 24.4 Å². The summed E-state index contributed by atoms with van der Waals surface area (Å²) in [6.07, 6.45) is 10.3. The van der Waals surface area contributed by atoms with E-state index >= 15 is 0 Å². The number of aromatic nitrogens is 1. The van der Waals surface area contributed by atoms with Gasteiger partial charge in [0, 0.05) is 17.9 Å². The maximum absolute atomic E-state index is 6.00. The Bertz CT molecular complexity index is 401. The molecule has 1 aliphatic carbocycles. The molecule has 0 amide bonds. The maximum atomic E-state index is 6.00. The number of ether oxygens (including phenoxy) is 2. The van der Waals surface area contributed by atoms with Crippen molar-refractivity contribution in [2.24, 2.45) is 0 Å². The topological polar surface area (TPSA) is 23.4 Å². The Morgan fingerprint density at radius 2 is 2.05 bits per heavy atom. The summed E-state index contributed by atoms with van der Waals surface area (Å²) < 4.78 is 13.8. The number of hydrogen-bond acceptors (Lipinski definition) is 2. The predicted molar refractivity (Wildman–Crippen MR) is 75.1 cm³/mol. The molecule has 2 atom stereocenters. The lowest BCUT2D eigenvalue weighted by molar-refractivity contribution is -0.181. The molecule has 0 aromatic carbocycles. The zero-order valence-electron chi connectivity index (χ0n) is 11.3. The molecule has 0 radical (unpaired) electrons. The van der Waals surface area contributed by atoms with Crippen molar-refractivity contribution in [3.8, 4) is 0 Å². The second-order valence-electron chi connectivity index (χ2n) is 5.56. The molecule has 3 rings (SSSR count). The molecule has 0 bridgehead atoms. The third-order valence-electron chi connectivity index (χ3n) is 4.17. The van der Waals surface area contributed by atoms with E-state index in [1.807, 2.05) is 0 Å². The van der Waals surface area contributed by atoms with Gasteiger partial charge in [0.25, 0.3) is 0 Å². The first kappa shape index (κ1) is 13.5. The first-order valence-corrected chi connectivity index (χ1v) is 7.83. The van der Waals surface area contributed by atoms with Gasteiger partial charge in [0.1, 0.15) is 5.56 Å². The van der Waals surface area contributed by atoms with Gasteiger partial charge in [-0.05, 0) is 44.2 Å². The molecule has 1 aromatic rings. The van der Waals surface area contributed by atoms with Crippen LogP contribution in [-0.4, -0.2) is 16.4 Å². The Morgan fingerprint density at radius 1 is 1.21 bits per heavy atom. The molecular weight excluding hydrogens is 262 g/mol. The van der Waals surface area contributed by atoms with E-state index in [1.54, 1.807) is 0 Å². The summed E-state index contributed by atoms with van der Waals surface area (Å²) in [6.45, 7) is 0.623. The average Bonchev–Trinajstić information content (AvgIpc) is 3.07. The quantitative estimate of drug-likeness (QED) is 0.773. The van der Waals surface area contributed by atoms with E-state index in [0.29, 0.717) is 12.6 Å². The van der Waals surface area contributed by atoms with Crippen LogP contribution < -0.4 is 0 Å². The second kappa shape index (κ2) is 6.29. The summed E-state index contributed by atoms with van der Waals surface area (Å²) in [5.74, 6) is 0. The molecule has 2 unspecified atom stereocenters. The van der Waals surface area contributed by atoms with Gasteiger partial charge in [-0.2, -0.15) is 0 Å². The number of hydrogen-bond donors (Lipinski definition) is 0. The van der Waals surface area contributed by atoms with E-state index in [4.69, 9.17) is 21.1 Å². The maximum Gasteiger partial charge on any atom is 0.160 e. The Morgan fingerprint density at radius 3 is 2.84 bits per heavy atom. The van der Waals surface area contributed by atoms with Gasteiger partial charge < -0.3 is 14.0 Å². The Kier molecular flexibility index (Phi) is 4.46. The summed E-state index contributed by atoms with van der Waals surface area (Å²) in [7, 11) is 0. The summed E-state index contributed by atoms with van der Waals surface area (Å²) >= 11 is 6.00. The molecule has 106 valence electrons. The highest BCUT2D eigenvalue weighted by Gasteiger charge is 2.22. The zero-order chi connectivity index (χ0) is 13.1. The van der Waals surface area contributed by atoms with Crippen LogP contribution in [0.1, 0.15) is 56.7 Å². The van der Waals surface area contributed by atoms with Crippen molar-refractivity contribution in [1.29, 1.82) is 0 Å².